The monoisotopic (exact) mass is 366 g/mol. The van der Waals surface area contributed by atoms with E-state index in [2.05, 4.69) is 10.6 Å². The third-order valence-electron chi connectivity index (χ3n) is 5.14. The molecule has 0 radical (unpaired) electrons. The van der Waals surface area contributed by atoms with Crippen molar-refractivity contribution in [2.45, 2.75) is 32.2 Å². The lowest BCUT2D eigenvalue weighted by Crippen LogP contribution is -2.35. The minimum atomic E-state index is -0.0620. The Balaban J connectivity index is 1.46. The van der Waals surface area contributed by atoms with Crippen LogP contribution in [0.5, 0.6) is 5.75 Å². The number of amides is 2. The maximum Gasteiger partial charge on any atom is 0.227 e. The van der Waals surface area contributed by atoms with E-state index in [4.69, 9.17) is 4.74 Å². The topological polar surface area (TPSA) is 67.4 Å². The Morgan fingerprint density at radius 3 is 2.15 bits per heavy atom. The van der Waals surface area contributed by atoms with Gasteiger partial charge in [0.1, 0.15) is 5.75 Å². The molecule has 2 amide bonds. The molecule has 5 nitrogen and oxygen atoms in total. The lowest BCUT2D eigenvalue weighted by Gasteiger charge is -2.27. The van der Waals surface area contributed by atoms with Crippen LogP contribution in [0.25, 0.3) is 0 Å². The number of carbonyl (C=O) groups is 2. The van der Waals surface area contributed by atoms with Crippen molar-refractivity contribution < 1.29 is 14.3 Å². The normalized spacial score (nSPS) is 19.1. The van der Waals surface area contributed by atoms with E-state index in [1.807, 2.05) is 54.6 Å². The summed E-state index contributed by atoms with van der Waals surface area (Å²) in [5, 5.41) is 5.97. The van der Waals surface area contributed by atoms with Crippen LogP contribution in [0.4, 0.5) is 5.69 Å². The van der Waals surface area contributed by atoms with Crippen molar-refractivity contribution in [1.82, 2.24) is 5.32 Å². The van der Waals surface area contributed by atoms with Crippen LogP contribution < -0.4 is 15.4 Å². The molecule has 27 heavy (non-hydrogen) atoms. The summed E-state index contributed by atoms with van der Waals surface area (Å²) >= 11 is 0. The molecule has 0 heterocycles. The van der Waals surface area contributed by atoms with Gasteiger partial charge in [-0.3, -0.25) is 9.59 Å². The number of methoxy groups -OCH3 is 1. The summed E-state index contributed by atoms with van der Waals surface area (Å²) in [5.41, 5.74) is 1.78. The fourth-order valence-corrected chi connectivity index (χ4v) is 3.53. The van der Waals surface area contributed by atoms with Gasteiger partial charge >= 0.3 is 0 Å². The highest BCUT2D eigenvalue weighted by Gasteiger charge is 2.30. The van der Waals surface area contributed by atoms with Gasteiger partial charge < -0.3 is 15.4 Å². The SMILES string of the molecule is COc1ccccc1NC(=O)C1CCC(C(=O)NCc2ccccc2)CC1. The van der Waals surface area contributed by atoms with Gasteiger partial charge in [-0.15, -0.1) is 0 Å². The van der Waals surface area contributed by atoms with E-state index in [-0.39, 0.29) is 23.7 Å². The van der Waals surface area contributed by atoms with Crippen LogP contribution in [0.15, 0.2) is 54.6 Å². The molecule has 0 unspecified atom stereocenters. The molecule has 0 saturated heterocycles. The fraction of sp³-hybridized carbons (Fsp3) is 0.364. The minimum absolute atomic E-state index is 0.00245. The quantitative estimate of drug-likeness (QED) is 0.818. The highest BCUT2D eigenvalue weighted by molar-refractivity contribution is 5.94. The first-order chi connectivity index (χ1) is 13.2. The molecule has 0 aliphatic heterocycles. The van der Waals surface area contributed by atoms with Gasteiger partial charge in [-0.2, -0.15) is 0 Å². The summed E-state index contributed by atoms with van der Waals surface area (Å²) in [6.07, 6.45) is 2.93. The number of para-hydroxylation sites is 2. The van der Waals surface area contributed by atoms with E-state index in [1.54, 1.807) is 7.11 Å². The molecule has 1 aliphatic carbocycles. The smallest absolute Gasteiger partial charge is 0.227 e. The fourth-order valence-electron chi connectivity index (χ4n) is 3.53. The number of rotatable bonds is 6. The minimum Gasteiger partial charge on any atom is -0.495 e. The third-order valence-corrected chi connectivity index (χ3v) is 5.14. The molecular weight excluding hydrogens is 340 g/mol. The zero-order chi connectivity index (χ0) is 19.1. The Kier molecular flexibility index (Phi) is 6.47. The molecule has 0 spiro atoms. The lowest BCUT2D eigenvalue weighted by atomic mass is 9.81. The number of hydrogen-bond donors (Lipinski definition) is 2. The Hall–Kier alpha value is -2.82. The molecule has 3 rings (SSSR count). The van der Waals surface area contributed by atoms with Gasteiger partial charge in [0, 0.05) is 18.4 Å². The van der Waals surface area contributed by atoms with E-state index in [0.717, 1.165) is 31.2 Å². The van der Waals surface area contributed by atoms with Crippen LogP contribution >= 0.6 is 0 Å². The van der Waals surface area contributed by atoms with Crippen LogP contribution in [0, 0.1) is 11.8 Å². The predicted octanol–water partition coefficient (Wildman–Crippen LogP) is 3.76. The average Bonchev–Trinajstić information content (AvgIpc) is 2.73. The number of carbonyl (C=O) groups excluding carboxylic acids is 2. The Morgan fingerprint density at radius 2 is 1.48 bits per heavy atom. The zero-order valence-corrected chi connectivity index (χ0v) is 15.6. The number of ether oxygens (including phenoxy) is 1. The summed E-state index contributed by atoms with van der Waals surface area (Å²) in [5.74, 6) is 0.669. The number of anilines is 1. The number of hydrogen-bond acceptors (Lipinski definition) is 3. The third kappa shape index (κ3) is 5.09. The van der Waals surface area contributed by atoms with Crippen molar-refractivity contribution in [1.29, 1.82) is 0 Å². The summed E-state index contributed by atoms with van der Waals surface area (Å²) in [7, 11) is 1.59. The molecule has 0 bridgehead atoms. The van der Waals surface area contributed by atoms with E-state index in [9.17, 15) is 9.59 Å². The number of benzene rings is 2. The molecule has 0 aromatic heterocycles. The highest BCUT2D eigenvalue weighted by atomic mass is 16.5. The molecular formula is C22H26N2O3. The number of nitrogens with one attached hydrogen (secondary N) is 2. The van der Waals surface area contributed by atoms with Gasteiger partial charge in [0.05, 0.1) is 12.8 Å². The molecule has 142 valence electrons. The Bertz CT molecular complexity index is 768. The molecule has 2 aromatic rings. The molecule has 0 atom stereocenters. The van der Waals surface area contributed by atoms with Gasteiger partial charge in [0.15, 0.2) is 0 Å². The predicted molar refractivity (Wildman–Crippen MR) is 105 cm³/mol. The standard InChI is InChI=1S/C22H26N2O3/c1-27-20-10-6-5-9-19(20)24-22(26)18-13-11-17(12-14-18)21(25)23-15-16-7-3-2-4-8-16/h2-10,17-18H,11-15H2,1H3,(H,23,25)(H,24,26). The van der Waals surface area contributed by atoms with Crippen molar-refractivity contribution in [2.75, 3.05) is 12.4 Å². The molecule has 1 fully saturated rings. The van der Waals surface area contributed by atoms with Crippen molar-refractivity contribution in [3.05, 3.63) is 60.2 Å². The zero-order valence-electron chi connectivity index (χ0n) is 15.6. The van der Waals surface area contributed by atoms with Gasteiger partial charge in [0.25, 0.3) is 0 Å². The summed E-state index contributed by atoms with van der Waals surface area (Å²) < 4.78 is 5.28. The second-order valence-electron chi connectivity index (χ2n) is 6.94. The van der Waals surface area contributed by atoms with Crippen molar-refractivity contribution in [3.63, 3.8) is 0 Å². The van der Waals surface area contributed by atoms with Crippen LogP contribution in [0.1, 0.15) is 31.2 Å². The first-order valence-electron chi connectivity index (χ1n) is 9.43. The average molecular weight is 366 g/mol. The first kappa shape index (κ1) is 19.0. The summed E-state index contributed by atoms with van der Waals surface area (Å²) in [6, 6.07) is 17.3. The second-order valence-corrected chi connectivity index (χ2v) is 6.94. The van der Waals surface area contributed by atoms with E-state index in [0.29, 0.717) is 18.0 Å². The van der Waals surface area contributed by atoms with Crippen LogP contribution in [-0.2, 0) is 16.1 Å². The molecule has 1 saturated carbocycles. The Morgan fingerprint density at radius 1 is 0.889 bits per heavy atom. The van der Waals surface area contributed by atoms with E-state index in [1.165, 1.54) is 0 Å². The van der Waals surface area contributed by atoms with E-state index >= 15 is 0 Å². The van der Waals surface area contributed by atoms with Crippen LogP contribution in [0.3, 0.4) is 0 Å². The van der Waals surface area contributed by atoms with Gasteiger partial charge in [-0.1, -0.05) is 42.5 Å². The van der Waals surface area contributed by atoms with Crippen LogP contribution in [-0.4, -0.2) is 18.9 Å². The van der Waals surface area contributed by atoms with Crippen LogP contribution in [0.2, 0.25) is 0 Å². The van der Waals surface area contributed by atoms with Gasteiger partial charge in [-0.05, 0) is 43.4 Å². The van der Waals surface area contributed by atoms with Gasteiger partial charge in [-0.25, -0.2) is 0 Å². The molecule has 1 aliphatic rings. The summed E-state index contributed by atoms with van der Waals surface area (Å²) in [4.78, 5) is 24.9. The first-order valence-corrected chi connectivity index (χ1v) is 9.43. The second kappa shape index (κ2) is 9.21. The van der Waals surface area contributed by atoms with Gasteiger partial charge in [0.2, 0.25) is 11.8 Å². The Labute approximate surface area is 160 Å². The largest absolute Gasteiger partial charge is 0.495 e. The molecule has 2 N–H and O–H groups in total. The highest BCUT2D eigenvalue weighted by Crippen LogP contribution is 2.31. The lowest BCUT2D eigenvalue weighted by molar-refractivity contribution is -0.128. The maximum absolute atomic E-state index is 12.6. The molecule has 2 aromatic carbocycles. The van der Waals surface area contributed by atoms with E-state index < -0.39 is 0 Å². The van der Waals surface area contributed by atoms with Crippen molar-refractivity contribution >= 4 is 17.5 Å². The summed E-state index contributed by atoms with van der Waals surface area (Å²) in [6.45, 7) is 0.549. The van der Waals surface area contributed by atoms with Crippen molar-refractivity contribution in [3.8, 4) is 5.75 Å². The maximum atomic E-state index is 12.6. The molecule has 5 heteroatoms. The van der Waals surface area contributed by atoms with Crippen molar-refractivity contribution in [2.24, 2.45) is 11.8 Å².